The van der Waals surface area contributed by atoms with Crippen molar-refractivity contribution >= 4 is 6.03 Å². The number of nitrogens with one attached hydrogen (secondary N) is 1. The summed E-state index contributed by atoms with van der Waals surface area (Å²) in [4.78, 5) is 12.7. The van der Waals surface area contributed by atoms with Crippen LogP contribution in [-0.2, 0) is 0 Å². The van der Waals surface area contributed by atoms with Crippen LogP contribution in [0.2, 0.25) is 0 Å². The van der Waals surface area contributed by atoms with E-state index >= 15 is 0 Å². The Kier molecular flexibility index (Phi) is 2.31. The molecule has 1 aliphatic heterocycles. The van der Waals surface area contributed by atoms with E-state index in [1.165, 1.54) is 4.90 Å². The molecule has 3 atom stereocenters. The summed E-state index contributed by atoms with van der Waals surface area (Å²) < 4.78 is 37.4. The zero-order valence-corrected chi connectivity index (χ0v) is 8.34. The third-order valence-corrected chi connectivity index (χ3v) is 3.40. The summed E-state index contributed by atoms with van der Waals surface area (Å²) in [5, 5.41) is 2.59. The molecule has 2 fully saturated rings. The number of likely N-dealkylation sites (N-methyl/N-ethyl adjacent to an activating group) is 1. The van der Waals surface area contributed by atoms with E-state index in [0.717, 1.165) is 0 Å². The molecule has 0 aromatic rings. The van der Waals surface area contributed by atoms with Gasteiger partial charge < -0.3 is 10.2 Å². The lowest BCUT2D eigenvalue weighted by Gasteiger charge is -2.33. The average molecular weight is 222 g/mol. The third-order valence-electron chi connectivity index (χ3n) is 3.40. The van der Waals surface area contributed by atoms with Gasteiger partial charge in [0, 0.05) is 7.05 Å². The highest BCUT2D eigenvalue weighted by atomic mass is 19.4. The second-order valence-corrected chi connectivity index (χ2v) is 4.29. The number of rotatable bonds is 0. The smallest absolute Gasteiger partial charge is 0.333 e. The van der Waals surface area contributed by atoms with Crippen LogP contribution in [0.4, 0.5) is 18.0 Å². The van der Waals surface area contributed by atoms with Crippen molar-refractivity contribution in [2.45, 2.75) is 37.5 Å². The summed E-state index contributed by atoms with van der Waals surface area (Å²) in [6.45, 7) is 0. The summed E-state index contributed by atoms with van der Waals surface area (Å²) >= 11 is 0. The van der Waals surface area contributed by atoms with Gasteiger partial charge in [-0.1, -0.05) is 0 Å². The maximum atomic E-state index is 12.5. The minimum absolute atomic E-state index is 0.0181. The summed E-state index contributed by atoms with van der Waals surface area (Å²) in [5.41, 5.74) is 0. The van der Waals surface area contributed by atoms with Crippen LogP contribution in [0.5, 0.6) is 0 Å². The van der Waals surface area contributed by atoms with Crippen molar-refractivity contribution in [1.29, 1.82) is 0 Å². The van der Waals surface area contributed by atoms with Gasteiger partial charge >= 0.3 is 12.2 Å². The largest absolute Gasteiger partial charge is 0.391 e. The van der Waals surface area contributed by atoms with Crippen LogP contribution in [0.15, 0.2) is 0 Å². The minimum Gasteiger partial charge on any atom is -0.333 e. The van der Waals surface area contributed by atoms with Gasteiger partial charge in [0.25, 0.3) is 0 Å². The Morgan fingerprint density at radius 1 is 1.40 bits per heavy atom. The molecule has 0 radical (unpaired) electrons. The van der Waals surface area contributed by atoms with Crippen LogP contribution < -0.4 is 5.32 Å². The van der Waals surface area contributed by atoms with Crippen molar-refractivity contribution in [2.75, 3.05) is 7.05 Å². The Balaban J connectivity index is 2.06. The predicted octanol–water partition coefficient (Wildman–Crippen LogP) is 1.74. The molecule has 1 saturated heterocycles. The highest BCUT2D eigenvalue weighted by Crippen LogP contribution is 2.40. The number of carbonyl (C=O) groups excluding carboxylic acids is 1. The average Bonchev–Trinajstić information content (AvgIpc) is 2.41. The molecule has 15 heavy (non-hydrogen) atoms. The van der Waals surface area contributed by atoms with Crippen LogP contribution in [0, 0.1) is 5.92 Å². The van der Waals surface area contributed by atoms with Gasteiger partial charge in [0.1, 0.15) is 0 Å². The molecule has 6 heteroatoms. The molecule has 3 unspecified atom stereocenters. The quantitative estimate of drug-likeness (QED) is 0.665. The van der Waals surface area contributed by atoms with Crippen LogP contribution in [0.1, 0.15) is 19.3 Å². The number of amides is 2. The molecule has 1 saturated carbocycles. The zero-order valence-electron chi connectivity index (χ0n) is 8.34. The van der Waals surface area contributed by atoms with Gasteiger partial charge in [-0.15, -0.1) is 0 Å². The van der Waals surface area contributed by atoms with E-state index in [9.17, 15) is 18.0 Å². The molecule has 0 aromatic heterocycles. The SMILES string of the molecule is CN1C(=O)NC2CC(C(F)(F)F)CCC21. The summed E-state index contributed by atoms with van der Waals surface area (Å²) in [6, 6.07) is -0.646. The van der Waals surface area contributed by atoms with Gasteiger partial charge in [-0.05, 0) is 19.3 Å². The molecule has 0 aromatic carbocycles. The van der Waals surface area contributed by atoms with E-state index < -0.39 is 12.1 Å². The number of halogens is 3. The van der Waals surface area contributed by atoms with E-state index in [1.807, 2.05) is 0 Å². The van der Waals surface area contributed by atoms with Gasteiger partial charge in [-0.25, -0.2) is 4.79 Å². The van der Waals surface area contributed by atoms with Crippen molar-refractivity contribution < 1.29 is 18.0 Å². The second kappa shape index (κ2) is 3.28. The lowest BCUT2D eigenvalue weighted by molar-refractivity contribution is -0.184. The maximum Gasteiger partial charge on any atom is 0.391 e. The molecule has 2 aliphatic rings. The summed E-state index contributed by atoms with van der Waals surface area (Å²) in [6.07, 6.45) is -3.55. The fraction of sp³-hybridized carbons (Fsp3) is 0.889. The third kappa shape index (κ3) is 1.77. The van der Waals surface area contributed by atoms with Crippen molar-refractivity contribution in [3.05, 3.63) is 0 Å². The Labute approximate surface area is 85.6 Å². The van der Waals surface area contributed by atoms with Gasteiger partial charge in [0.2, 0.25) is 0 Å². The van der Waals surface area contributed by atoms with Crippen LogP contribution in [0.3, 0.4) is 0 Å². The topological polar surface area (TPSA) is 32.3 Å². The lowest BCUT2D eigenvalue weighted by Crippen LogP contribution is -2.43. The Morgan fingerprint density at radius 2 is 2.07 bits per heavy atom. The minimum atomic E-state index is -4.13. The standard InChI is InChI=1S/C9H13F3N2O/c1-14-7-3-2-5(9(10,11)12)4-6(7)13-8(14)15/h5-7H,2-4H2,1H3,(H,13,15). The van der Waals surface area contributed by atoms with Gasteiger partial charge in [-0.3, -0.25) is 0 Å². The number of hydrogen-bond donors (Lipinski definition) is 1. The predicted molar refractivity (Wildman–Crippen MR) is 47.3 cm³/mol. The van der Waals surface area contributed by atoms with E-state index in [2.05, 4.69) is 5.32 Å². The maximum absolute atomic E-state index is 12.5. The first-order valence-electron chi connectivity index (χ1n) is 4.99. The molecule has 1 heterocycles. The molecule has 2 amide bonds. The monoisotopic (exact) mass is 222 g/mol. The van der Waals surface area contributed by atoms with Crippen LogP contribution in [-0.4, -0.2) is 36.2 Å². The Morgan fingerprint density at radius 3 is 2.67 bits per heavy atom. The highest BCUT2D eigenvalue weighted by molar-refractivity contribution is 5.77. The van der Waals surface area contributed by atoms with Gasteiger partial charge in [0.15, 0.2) is 0 Å². The van der Waals surface area contributed by atoms with Gasteiger partial charge in [-0.2, -0.15) is 13.2 Å². The van der Waals surface area contributed by atoms with E-state index in [1.54, 1.807) is 7.05 Å². The fourth-order valence-corrected chi connectivity index (χ4v) is 2.48. The summed E-state index contributed by atoms with van der Waals surface area (Å²) in [5.74, 6) is -1.26. The molecular weight excluding hydrogens is 209 g/mol. The van der Waals surface area contributed by atoms with Crippen molar-refractivity contribution in [2.24, 2.45) is 5.92 Å². The van der Waals surface area contributed by atoms with Crippen molar-refractivity contribution in [3.63, 3.8) is 0 Å². The molecule has 1 N–H and O–H groups in total. The number of nitrogens with zero attached hydrogens (tertiary/aromatic N) is 1. The lowest BCUT2D eigenvalue weighted by atomic mass is 9.82. The van der Waals surface area contributed by atoms with E-state index in [-0.39, 0.29) is 31.0 Å². The molecule has 3 nitrogen and oxygen atoms in total. The Hall–Kier alpha value is -0.940. The van der Waals surface area contributed by atoms with Crippen molar-refractivity contribution in [1.82, 2.24) is 10.2 Å². The first-order valence-corrected chi connectivity index (χ1v) is 4.99. The first kappa shape index (κ1) is 10.6. The summed E-state index contributed by atoms with van der Waals surface area (Å²) in [7, 11) is 1.63. The Bertz CT molecular complexity index is 279. The molecular formula is C9H13F3N2O. The molecule has 2 rings (SSSR count). The normalized spacial score (nSPS) is 36.4. The fourth-order valence-electron chi connectivity index (χ4n) is 2.48. The van der Waals surface area contributed by atoms with Crippen LogP contribution in [0.25, 0.3) is 0 Å². The number of alkyl halides is 3. The zero-order chi connectivity index (χ0) is 11.2. The molecule has 86 valence electrons. The van der Waals surface area contributed by atoms with Gasteiger partial charge in [0.05, 0.1) is 18.0 Å². The van der Waals surface area contributed by atoms with E-state index in [0.29, 0.717) is 6.42 Å². The number of carbonyl (C=O) groups is 1. The first-order chi connectivity index (χ1) is 6.89. The second-order valence-electron chi connectivity index (χ2n) is 4.29. The molecule has 0 spiro atoms. The van der Waals surface area contributed by atoms with Crippen LogP contribution >= 0.6 is 0 Å². The number of urea groups is 1. The van der Waals surface area contributed by atoms with Crippen molar-refractivity contribution in [3.8, 4) is 0 Å². The molecule has 1 aliphatic carbocycles. The number of hydrogen-bond acceptors (Lipinski definition) is 1. The number of fused-ring (bicyclic) bond motifs is 1. The van der Waals surface area contributed by atoms with E-state index in [4.69, 9.17) is 0 Å². The molecule has 0 bridgehead atoms. The highest BCUT2D eigenvalue weighted by Gasteiger charge is 2.49.